The van der Waals surface area contributed by atoms with Gasteiger partial charge >= 0.3 is 5.97 Å². The van der Waals surface area contributed by atoms with Gasteiger partial charge in [-0.25, -0.2) is 4.79 Å². The van der Waals surface area contributed by atoms with Gasteiger partial charge in [-0.2, -0.15) is 0 Å². The fraction of sp³-hybridized carbons (Fsp3) is 0.533. The van der Waals surface area contributed by atoms with Gasteiger partial charge in [-0.1, -0.05) is 19.9 Å². The van der Waals surface area contributed by atoms with Crippen LogP contribution in [0.1, 0.15) is 30.6 Å². The van der Waals surface area contributed by atoms with E-state index in [2.05, 4.69) is 19.2 Å². The van der Waals surface area contributed by atoms with Crippen LogP contribution in [0.3, 0.4) is 0 Å². The van der Waals surface area contributed by atoms with E-state index in [0.29, 0.717) is 18.9 Å². The monoisotopic (exact) mass is 281 g/mol. The summed E-state index contributed by atoms with van der Waals surface area (Å²) >= 11 is 0. The summed E-state index contributed by atoms with van der Waals surface area (Å²) < 4.78 is 5.50. The number of carboxylic acid groups (broad SMARTS) is 1. The molecule has 20 heavy (non-hydrogen) atoms. The van der Waals surface area contributed by atoms with Crippen LogP contribution in [0.15, 0.2) is 24.3 Å². The molecule has 0 saturated heterocycles. The largest absolute Gasteiger partial charge is 0.492 e. The number of aliphatic hydroxyl groups is 1. The van der Waals surface area contributed by atoms with Crippen LogP contribution in [-0.2, 0) is 0 Å². The van der Waals surface area contributed by atoms with Crippen LogP contribution in [-0.4, -0.2) is 42.5 Å². The summed E-state index contributed by atoms with van der Waals surface area (Å²) in [5.41, 5.74) is 0.275. The molecular formula is C15H23NO4. The highest BCUT2D eigenvalue weighted by Crippen LogP contribution is 2.17. The average molecular weight is 281 g/mol. The lowest BCUT2D eigenvalue weighted by molar-refractivity contribution is 0.0696. The molecule has 0 spiro atoms. The van der Waals surface area contributed by atoms with Crippen molar-refractivity contribution in [2.45, 2.75) is 20.3 Å². The van der Waals surface area contributed by atoms with Crippen LogP contribution < -0.4 is 10.1 Å². The van der Waals surface area contributed by atoms with Gasteiger partial charge in [0.1, 0.15) is 12.4 Å². The van der Waals surface area contributed by atoms with Crippen LogP contribution in [0.2, 0.25) is 0 Å². The van der Waals surface area contributed by atoms with Crippen molar-refractivity contribution in [3.8, 4) is 5.75 Å². The molecular weight excluding hydrogens is 258 g/mol. The quantitative estimate of drug-likeness (QED) is 0.601. The lowest BCUT2D eigenvalue weighted by Crippen LogP contribution is -2.32. The fourth-order valence-corrected chi connectivity index (χ4v) is 1.78. The summed E-state index contributed by atoms with van der Waals surface area (Å²) in [7, 11) is 0. The number of aromatic carboxylic acids is 1. The van der Waals surface area contributed by atoms with Gasteiger partial charge in [0.25, 0.3) is 0 Å². The number of carbonyl (C=O) groups is 1. The van der Waals surface area contributed by atoms with Gasteiger partial charge in [0.15, 0.2) is 0 Å². The van der Waals surface area contributed by atoms with E-state index in [1.54, 1.807) is 12.1 Å². The van der Waals surface area contributed by atoms with E-state index in [0.717, 1.165) is 13.0 Å². The fourth-order valence-electron chi connectivity index (χ4n) is 1.78. The van der Waals surface area contributed by atoms with Crippen LogP contribution in [0.25, 0.3) is 0 Å². The first-order valence-electron chi connectivity index (χ1n) is 6.72. The first-order valence-corrected chi connectivity index (χ1v) is 6.72. The third-order valence-corrected chi connectivity index (χ3v) is 3.02. The number of hydrogen-bond acceptors (Lipinski definition) is 4. The molecule has 0 unspecified atom stereocenters. The highest BCUT2D eigenvalue weighted by atomic mass is 16.5. The summed E-state index contributed by atoms with van der Waals surface area (Å²) in [4.78, 5) is 10.8. The predicted octanol–water partition coefficient (Wildman–Crippen LogP) is 1.76. The van der Waals surface area contributed by atoms with Crippen molar-refractivity contribution in [1.29, 1.82) is 0 Å². The first-order chi connectivity index (χ1) is 9.44. The second-order valence-electron chi connectivity index (χ2n) is 5.50. The Hall–Kier alpha value is -1.59. The van der Waals surface area contributed by atoms with Crippen LogP contribution >= 0.6 is 0 Å². The average Bonchev–Trinajstić information content (AvgIpc) is 2.38. The zero-order valence-corrected chi connectivity index (χ0v) is 12.1. The minimum atomic E-state index is -0.959. The summed E-state index contributed by atoms with van der Waals surface area (Å²) in [6.07, 6.45) is 0.752. The van der Waals surface area contributed by atoms with Crippen molar-refractivity contribution in [1.82, 2.24) is 5.32 Å². The van der Waals surface area contributed by atoms with Crippen LogP contribution in [0.5, 0.6) is 5.75 Å². The zero-order valence-electron chi connectivity index (χ0n) is 12.1. The molecule has 112 valence electrons. The van der Waals surface area contributed by atoms with E-state index in [9.17, 15) is 4.79 Å². The smallest absolute Gasteiger partial charge is 0.335 e. The third kappa shape index (κ3) is 6.04. The molecule has 0 saturated carbocycles. The molecule has 3 N–H and O–H groups in total. The number of ether oxygens (including phenoxy) is 1. The summed E-state index contributed by atoms with van der Waals surface area (Å²) in [5.74, 6) is -0.402. The van der Waals surface area contributed by atoms with Crippen molar-refractivity contribution in [3.05, 3.63) is 29.8 Å². The lowest BCUT2D eigenvalue weighted by Gasteiger charge is -2.23. The van der Waals surface area contributed by atoms with Gasteiger partial charge in [-0.15, -0.1) is 0 Å². The van der Waals surface area contributed by atoms with Gasteiger partial charge in [0, 0.05) is 19.7 Å². The molecule has 0 aliphatic rings. The van der Waals surface area contributed by atoms with E-state index in [-0.39, 0.29) is 17.6 Å². The summed E-state index contributed by atoms with van der Waals surface area (Å²) in [5, 5.41) is 21.1. The second kappa shape index (κ2) is 7.87. The Kier molecular flexibility index (Phi) is 6.48. The summed E-state index contributed by atoms with van der Waals surface area (Å²) in [6.45, 7) is 6.31. The standard InChI is InChI=1S/C15H23NO4/c1-15(2,6-8-17)11-16-7-9-20-13-5-3-4-12(10-13)14(18)19/h3-5,10,16-17H,6-9,11H2,1-2H3,(H,18,19). The molecule has 0 heterocycles. The molecule has 0 aliphatic heterocycles. The third-order valence-electron chi connectivity index (χ3n) is 3.02. The van der Waals surface area contributed by atoms with E-state index in [1.807, 2.05) is 0 Å². The maximum absolute atomic E-state index is 10.8. The maximum Gasteiger partial charge on any atom is 0.335 e. The number of carboxylic acids is 1. The van der Waals surface area contributed by atoms with Crippen LogP contribution in [0.4, 0.5) is 0 Å². The number of nitrogens with one attached hydrogen (secondary N) is 1. The normalized spacial score (nSPS) is 11.3. The molecule has 0 aromatic heterocycles. The molecule has 0 fully saturated rings. The molecule has 5 heteroatoms. The molecule has 0 radical (unpaired) electrons. The van der Waals surface area contributed by atoms with Gasteiger partial charge in [-0.05, 0) is 30.0 Å². The second-order valence-corrected chi connectivity index (χ2v) is 5.50. The van der Waals surface area contributed by atoms with Gasteiger partial charge in [0.2, 0.25) is 0 Å². The van der Waals surface area contributed by atoms with Gasteiger partial charge in [0.05, 0.1) is 5.56 Å². The predicted molar refractivity (Wildman–Crippen MR) is 77.2 cm³/mol. The van der Waals surface area contributed by atoms with Crippen LogP contribution in [0, 0.1) is 5.41 Å². The van der Waals surface area contributed by atoms with E-state index in [1.165, 1.54) is 12.1 Å². The Balaban J connectivity index is 2.28. The molecule has 0 atom stereocenters. The van der Waals surface area contributed by atoms with Crippen molar-refractivity contribution >= 4 is 5.97 Å². The molecule has 0 amide bonds. The van der Waals surface area contributed by atoms with E-state index in [4.69, 9.17) is 14.9 Å². The topological polar surface area (TPSA) is 78.8 Å². The molecule has 1 aromatic carbocycles. The molecule has 1 aromatic rings. The Bertz CT molecular complexity index is 432. The Morgan fingerprint density at radius 2 is 2.15 bits per heavy atom. The SMILES string of the molecule is CC(C)(CCO)CNCCOc1cccc(C(=O)O)c1. The zero-order chi connectivity index (χ0) is 15.0. The van der Waals surface area contributed by atoms with Crippen molar-refractivity contribution in [2.24, 2.45) is 5.41 Å². The maximum atomic E-state index is 10.8. The Morgan fingerprint density at radius 3 is 2.80 bits per heavy atom. The van der Waals surface area contributed by atoms with Crippen molar-refractivity contribution in [3.63, 3.8) is 0 Å². The van der Waals surface area contributed by atoms with Crippen molar-refractivity contribution < 1.29 is 19.7 Å². The molecule has 0 bridgehead atoms. The highest BCUT2D eigenvalue weighted by Gasteiger charge is 2.15. The molecule has 0 aliphatic carbocycles. The van der Waals surface area contributed by atoms with Gasteiger partial charge in [-0.3, -0.25) is 0 Å². The number of hydrogen-bond donors (Lipinski definition) is 3. The number of benzene rings is 1. The lowest BCUT2D eigenvalue weighted by atomic mass is 9.90. The van der Waals surface area contributed by atoms with Gasteiger partial charge < -0.3 is 20.3 Å². The minimum Gasteiger partial charge on any atom is -0.492 e. The summed E-state index contributed by atoms with van der Waals surface area (Å²) in [6, 6.07) is 6.45. The first kappa shape index (κ1) is 16.5. The molecule has 1 rings (SSSR count). The highest BCUT2D eigenvalue weighted by molar-refractivity contribution is 5.87. The van der Waals surface area contributed by atoms with E-state index < -0.39 is 5.97 Å². The Labute approximate surface area is 119 Å². The van der Waals surface area contributed by atoms with E-state index >= 15 is 0 Å². The number of rotatable bonds is 9. The van der Waals surface area contributed by atoms with Crippen molar-refractivity contribution in [2.75, 3.05) is 26.3 Å². The Morgan fingerprint density at radius 1 is 1.40 bits per heavy atom. The number of aliphatic hydroxyl groups excluding tert-OH is 1. The minimum absolute atomic E-state index is 0.0535. The molecule has 5 nitrogen and oxygen atoms in total.